The zero-order valence-electron chi connectivity index (χ0n) is 17.5. The quantitative estimate of drug-likeness (QED) is 0.631. The highest BCUT2D eigenvalue weighted by molar-refractivity contribution is 7.22. The Labute approximate surface area is 181 Å². The number of aromatic nitrogens is 1. The summed E-state index contributed by atoms with van der Waals surface area (Å²) in [6.07, 6.45) is 0.923. The van der Waals surface area contributed by atoms with Crippen molar-refractivity contribution in [1.29, 1.82) is 0 Å². The van der Waals surface area contributed by atoms with Gasteiger partial charge in [0.05, 0.1) is 37.1 Å². The number of thiazole rings is 1. The Morgan fingerprint density at radius 2 is 2.07 bits per heavy atom. The van der Waals surface area contributed by atoms with Crippen molar-refractivity contribution in [2.24, 2.45) is 0 Å². The van der Waals surface area contributed by atoms with E-state index in [1.54, 1.807) is 12.0 Å². The number of aryl methyl sites for hydroxylation is 1. The molecule has 1 N–H and O–H groups in total. The Balaban J connectivity index is 1.58. The number of fused-ring (bicyclic) bond motifs is 1. The molecule has 1 saturated heterocycles. The first-order valence-electron chi connectivity index (χ1n) is 10.4. The molecule has 1 fully saturated rings. The van der Waals surface area contributed by atoms with Gasteiger partial charge in [0.15, 0.2) is 5.13 Å². The molecular formula is C23H28N3O3S+. The lowest BCUT2D eigenvalue weighted by Crippen LogP contribution is -3.14. The second kappa shape index (κ2) is 9.55. The normalized spacial score (nSPS) is 14.7. The average molecular weight is 427 g/mol. The summed E-state index contributed by atoms with van der Waals surface area (Å²) in [5.41, 5.74) is 2.66. The molecule has 4 rings (SSSR count). The summed E-state index contributed by atoms with van der Waals surface area (Å²) in [7, 11) is 1.66. The van der Waals surface area contributed by atoms with Gasteiger partial charge in [-0.25, -0.2) is 4.98 Å². The SMILES string of the molecule is COc1ccc2nc(N(CCC[NH+]3CCOCC3)C(=O)c3cccc(C)c3)sc2c1. The summed E-state index contributed by atoms with van der Waals surface area (Å²) in [6.45, 7) is 7.39. The van der Waals surface area contributed by atoms with Gasteiger partial charge in [0.1, 0.15) is 18.8 Å². The fourth-order valence-corrected chi connectivity index (χ4v) is 4.77. The first kappa shape index (κ1) is 20.8. The van der Waals surface area contributed by atoms with Crippen LogP contribution in [0.2, 0.25) is 0 Å². The third-order valence-electron chi connectivity index (χ3n) is 5.44. The lowest BCUT2D eigenvalue weighted by molar-refractivity contribution is -0.908. The van der Waals surface area contributed by atoms with Gasteiger partial charge in [0.2, 0.25) is 0 Å². The Bertz CT molecular complexity index is 1010. The van der Waals surface area contributed by atoms with Gasteiger partial charge in [0.25, 0.3) is 5.91 Å². The van der Waals surface area contributed by atoms with Crippen molar-refractivity contribution in [3.8, 4) is 5.75 Å². The van der Waals surface area contributed by atoms with Gasteiger partial charge < -0.3 is 14.4 Å². The lowest BCUT2D eigenvalue weighted by Gasteiger charge is -2.25. The number of benzene rings is 2. The Morgan fingerprint density at radius 3 is 2.83 bits per heavy atom. The lowest BCUT2D eigenvalue weighted by atomic mass is 10.1. The molecule has 1 aliphatic heterocycles. The summed E-state index contributed by atoms with van der Waals surface area (Å²) >= 11 is 1.54. The minimum atomic E-state index is 0.00157. The molecule has 3 aromatic rings. The number of rotatable bonds is 7. The molecule has 158 valence electrons. The van der Waals surface area contributed by atoms with Crippen molar-refractivity contribution in [2.45, 2.75) is 13.3 Å². The maximum Gasteiger partial charge on any atom is 0.260 e. The molecule has 0 bridgehead atoms. The first-order valence-corrected chi connectivity index (χ1v) is 11.2. The highest BCUT2D eigenvalue weighted by atomic mass is 32.1. The van der Waals surface area contributed by atoms with E-state index in [-0.39, 0.29) is 5.91 Å². The average Bonchev–Trinajstić information content (AvgIpc) is 3.20. The molecule has 0 unspecified atom stereocenters. The second-order valence-corrected chi connectivity index (χ2v) is 8.63. The number of hydrogen-bond donors (Lipinski definition) is 1. The maximum absolute atomic E-state index is 13.4. The molecule has 6 nitrogen and oxygen atoms in total. The van der Waals surface area contributed by atoms with Crippen LogP contribution < -0.4 is 14.5 Å². The highest BCUT2D eigenvalue weighted by Gasteiger charge is 2.23. The van der Waals surface area contributed by atoms with Crippen LogP contribution in [-0.4, -0.2) is 57.4 Å². The topological polar surface area (TPSA) is 56.1 Å². The third kappa shape index (κ3) is 4.80. The van der Waals surface area contributed by atoms with Crippen molar-refractivity contribution in [3.63, 3.8) is 0 Å². The monoisotopic (exact) mass is 426 g/mol. The van der Waals surface area contributed by atoms with Crippen LogP contribution in [0, 0.1) is 6.92 Å². The van der Waals surface area contributed by atoms with Crippen LogP contribution in [0.4, 0.5) is 5.13 Å². The minimum Gasteiger partial charge on any atom is -0.497 e. The van der Waals surface area contributed by atoms with E-state index in [9.17, 15) is 4.79 Å². The van der Waals surface area contributed by atoms with Crippen LogP contribution >= 0.6 is 11.3 Å². The Kier molecular flexibility index (Phi) is 6.62. The molecule has 0 radical (unpaired) electrons. The van der Waals surface area contributed by atoms with E-state index in [4.69, 9.17) is 14.5 Å². The molecule has 7 heteroatoms. The number of carbonyl (C=O) groups excluding carboxylic acids is 1. The van der Waals surface area contributed by atoms with Crippen LogP contribution in [-0.2, 0) is 4.74 Å². The van der Waals surface area contributed by atoms with Gasteiger partial charge in [-0.15, -0.1) is 0 Å². The summed E-state index contributed by atoms with van der Waals surface area (Å²) < 4.78 is 11.8. The van der Waals surface area contributed by atoms with Gasteiger partial charge >= 0.3 is 0 Å². The number of morpholine rings is 1. The number of ether oxygens (including phenoxy) is 2. The number of carbonyl (C=O) groups is 1. The number of nitrogens with one attached hydrogen (secondary N) is 1. The minimum absolute atomic E-state index is 0.00157. The number of amides is 1. The van der Waals surface area contributed by atoms with Gasteiger partial charge in [-0.1, -0.05) is 29.0 Å². The highest BCUT2D eigenvalue weighted by Crippen LogP contribution is 2.32. The molecule has 0 spiro atoms. The number of nitrogens with zero attached hydrogens (tertiary/aromatic N) is 2. The molecule has 1 aliphatic rings. The van der Waals surface area contributed by atoms with Gasteiger partial charge in [0, 0.05) is 18.5 Å². The van der Waals surface area contributed by atoms with E-state index in [2.05, 4.69) is 0 Å². The van der Waals surface area contributed by atoms with Crippen molar-refractivity contribution >= 4 is 32.6 Å². The standard InChI is InChI=1S/C23H27N3O3S/c1-17-5-3-6-18(15-17)22(27)26(10-4-9-25-11-13-29-14-12-25)23-24-20-8-7-19(28-2)16-21(20)30-23/h3,5-8,15-16H,4,9-14H2,1-2H3/p+1. The van der Waals surface area contributed by atoms with E-state index in [1.165, 1.54) is 11.3 Å². The molecule has 1 aromatic heterocycles. The first-order chi connectivity index (χ1) is 14.6. The summed E-state index contributed by atoms with van der Waals surface area (Å²) in [6, 6.07) is 13.6. The molecule has 2 aromatic carbocycles. The van der Waals surface area contributed by atoms with Crippen molar-refractivity contribution in [3.05, 3.63) is 53.6 Å². The fourth-order valence-electron chi connectivity index (χ4n) is 3.75. The summed E-state index contributed by atoms with van der Waals surface area (Å²) in [5, 5.41) is 0.738. The molecular weight excluding hydrogens is 398 g/mol. The summed E-state index contributed by atoms with van der Waals surface area (Å²) in [5.74, 6) is 0.798. The van der Waals surface area contributed by atoms with Gasteiger partial charge in [-0.3, -0.25) is 9.69 Å². The van der Waals surface area contributed by atoms with Crippen LogP contribution in [0.25, 0.3) is 10.2 Å². The molecule has 0 saturated carbocycles. The number of hydrogen-bond acceptors (Lipinski definition) is 5. The largest absolute Gasteiger partial charge is 0.497 e. The van der Waals surface area contributed by atoms with E-state index in [1.807, 2.05) is 54.3 Å². The van der Waals surface area contributed by atoms with E-state index < -0.39 is 0 Å². The van der Waals surface area contributed by atoms with Crippen molar-refractivity contribution < 1.29 is 19.2 Å². The second-order valence-electron chi connectivity index (χ2n) is 7.62. The van der Waals surface area contributed by atoms with Gasteiger partial charge in [-0.05, 0) is 37.3 Å². The van der Waals surface area contributed by atoms with Crippen molar-refractivity contribution in [2.75, 3.05) is 51.4 Å². The van der Waals surface area contributed by atoms with E-state index in [0.29, 0.717) is 12.1 Å². The van der Waals surface area contributed by atoms with Crippen molar-refractivity contribution in [1.82, 2.24) is 4.98 Å². The third-order valence-corrected chi connectivity index (χ3v) is 6.48. The molecule has 0 aliphatic carbocycles. The Hall–Kier alpha value is -2.48. The van der Waals surface area contributed by atoms with Crippen LogP contribution in [0.1, 0.15) is 22.3 Å². The predicted octanol–water partition coefficient (Wildman–Crippen LogP) is 2.57. The zero-order valence-corrected chi connectivity index (χ0v) is 18.3. The van der Waals surface area contributed by atoms with E-state index in [0.717, 1.165) is 65.9 Å². The van der Waals surface area contributed by atoms with Crippen LogP contribution in [0.3, 0.4) is 0 Å². The predicted molar refractivity (Wildman–Crippen MR) is 120 cm³/mol. The zero-order chi connectivity index (χ0) is 20.9. The smallest absolute Gasteiger partial charge is 0.260 e. The Morgan fingerprint density at radius 1 is 1.23 bits per heavy atom. The summed E-state index contributed by atoms with van der Waals surface area (Å²) in [4.78, 5) is 21.6. The van der Waals surface area contributed by atoms with E-state index >= 15 is 0 Å². The molecule has 30 heavy (non-hydrogen) atoms. The number of methoxy groups -OCH3 is 1. The molecule has 1 amide bonds. The maximum atomic E-state index is 13.4. The van der Waals surface area contributed by atoms with Gasteiger partial charge in [-0.2, -0.15) is 0 Å². The van der Waals surface area contributed by atoms with Crippen LogP contribution in [0.15, 0.2) is 42.5 Å². The van der Waals surface area contributed by atoms with Crippen LogP contribution in [0.5, 0.6) is 5.75 Å². The number of quaternary nitrogens is 1. The fraction of sp³-hybridized carbons (Fsp3) is 0.391. The molecule has 2 heterocycles. The number of anilines is 1. The molecule has 0 atom stereocenters.